The van der Waals surface area contributed by atoms with Gasteiger partial charge in [0.15, 0.2) is 11.3 Å². The normalized spacial score (nSPS) is 10.9. The smallest absolute Gasteiger partial charge is 0.211 e. The summed E-state index contributed by atoms with van der Waals surface area (Å²) in [5.41, 5.74) is -0.315. The van der Waals surface area contributed by atoms with Crippen LogP contribution < -0.4 is 19.6 Å². The summed E-state index contributed by atoms with van der Waals surface area (Å²) in [5, 5.41) is 20.2. The van der Waals surface area contributed by atoms with Crippen molar-refractivity contribution in [3.8, 4) is 28.7 Å². The highest BCUT2D eigenvalue weighted by molar-refractivity contribution is 6.01. The topological polar surface area (TPSA) is 98.4 Å². The van der Waals surface area contributed by atoms with E-state index in [1.165, 1.54) is 21.3 Å². The largest absolute Gasteiger partial charge is 0.504 e. The fraction of sp³-hybridized carbons (Fsp3) is 0.188. The van der Waals surface area contributed by atoms with Gasteiger partial charge in [-0.3, -0.25) is 4.79 Å². The van der Waals surface area contributed by atoms with E-state index in [1.807, 2.05) is 0 Å². The van der Waals surface area contributed by atoms with E-state index in [0.717, 1.165) is 0 Å². The van der Waals surface area contributed by atoms with Gasteiger partial charge in [-0.05, 0) is 12.1 Å². The van der Waals surface area contributed by atoms with E-state index in [9.17, 15) is 15.0 Å². The highest BCUT2D eigenvalue weighted by Gasteiger charge is 2.26. The maximum absolute atomic E-state index is 12.8. The monoisotopic (exact) mass is 318 g/mol. The van der Waals surface area contributed by atoms with Crippen LogP contribution in [0, 0.1) is 0 Å². The molecular formula is C16H14O7. The van der Waals surface area contributed by atoms with E-state index in [4.69, 9.17) is 18.6 Å². The third kappa shape index (κ3) is 1.93. The van der Waals surface area contributed by atoms with Crippen LogP contribution in [-0.4, -0.2) is 31.5 Å². The molecule has 3 rings (SSSR count). The number of ether oxygens (including phenoxy) is 3. The van der Waals surface area contributed by atoms with E-state index in [-0.39, 0.29) is 33.4 Å². The zero-order valence-electron chi connectivity index (χ0n) is 12.7. The second-order valence-electron chi connectivity index (χ2n) is 4.73. The lowest BCUT2D eigenvalue weighted by atomic mass is 10.1. The van der Waals surface area contributed by atoms with Gasteiger partial charge in [0.2, 0.25) is 22.7 Å². The van der Waals surface area contributed by atoms with Crippen molar-refractivity contribution in [3.63, 3.8) is 0 Å². The van der Waals surface area contributed by atoms with E-state index in [2.05, 4.69) is 0 Å². The van der Waals surface area contributed by atoms with Gasteiger partial charge in [0.25, 0.3) is 0 Å². The van der Waals surface area contributed by atoms with Crippen LogP contribution in [-0.2, 0) is 0 Å². The number of fused-ring (bicyclic) bond motifs is 2. The Bertz CT molecular complexity index is 972. The molecule has 0 atom stereocenters. The predicted octanol–water partition coefficient (Wildman–Crippen LogP) is 2.38. The van der Waals surface area contributed by atoms with Gasteiger partial charge in [-0.2, -0.15) is 0 Å². The number of phenolic OH excluding ortho intramolecular Hbond substituents is 2. The molecule has 2 N–H and O–H groups in total. The van der Waals surface area contributed by atoms with Crippen molar-refractivity contribution in [2.75, 3.05) is 21.3 Å². The van der Waals surface area contributed by atoms with Crippen molar-refractivity contribution in [3.05, 3.63) is 28.4 Å². The van der Waals surface area contributed by atoms with Crippen LogP contribution in [0.15, 0.2) is 27.4 Å². The molecule has 0 aliphatic heterocycles. The van der Waals surface area contributed by atoms with Crippen LogP contribution in [0.1, 0.15) is 0 Å². The van der Waals surface area contributed by atoms with Gasteiger partial charge >= 0.3 is 0 Å². The summed E-state index contributed by atoms with van der Waals surface area (Å²) in [4.78, 5) is 12.8. The number of benzene rings is 2. The highest BCUT2D eigenvalue weighted by atomic mass is 16.5. The minimum atomic E-state index is -0.640. The molecule has 0 aliphatic carbocycles. The first-order chi connectivity index (χ1) is 11.0. The maximum Gasteiger partial charge on any atom is 0.211 e. The van der Waals surface area contributed by atoms with Gasteiger partial charge in [0.05, 0.1) is 21.3 Å². The standard InChI is InChI=1S/C16H14O7/c1-20-7-5-4-6-8-9(7)11(17)10-12(18)13(19)15(21-2)16(22-3)14(10)23-8/h4-6,18-19H,1-3H3. The van der Waals surface area contributed by atoms with Crippen LogP contribution in [0.25, 0.3) is 21.9 Å². The molecule has 7 nitrogen and oxygen atoms in total. The molecule has 7 heteroatoms. The molecule has 0 saturated heterocycles. The Kier molecular flexibility index (Phi) is 3.40. The summed E-state index contributed by atoms with van der Waals surface area (Å²) in [7, 11) is 4.05. The Morgan fingerprint density at radius 3 is 2.22 bits per heavy atom. The minimum absolute atomic E-state index is 0.0135. The van der Waals surface area contributed by atoms with Crippen molar-refractivity contribution >= 4 is 21.9 Å². The molecular weight excluding hydrogens is 304 g/mol. The molecule has 3 aromatic rings. The van der Waals surface area contributed by atoms with Gasteiger partial charge in [-0.1, -0.05) is 6.07 Å². The van der Waals surface area contributed by atoms with Crippen LogP contribution in [0.5, 0.6) is 28.7 Å². The first-order valence-corrected chi connectivity index (χ1v) is 6.64. The molecule has 0 bridgehead atoms. The molecule has 0 aliphatic rings. The first-order valence-electron chi connectivity index (χ1n) is 6.64. The molecule has 0 fully saturated rings. The summed E-state index contributed by atoms with van der Waals surface area (Å²) in [5.74, 6) is -1.05. The molecule has 1 heterocycles. The number of rotatable bonds is 3. The van der Waals surface area contributed by atoms with Crippen molar-refractivity contribution in [1.82, 2.24) is 0 Å². The van der Waals surface area contributed by atoms with Crippen LogP contribution in [0.3, 0.4) is 0 Å². The molecule has 1 aromatic heterocycles. The van der Waals surface area contributed by atoms with Gasteiger partial charge < -0.3 is 28.8 Å². The molecule has 0 saturated carbocycles. The minimum Gasteiger partial charge on any atom is -0.504 e. The average Bonchev–Trinajstić information content (AvgIpc) is 2.56. The van der Waals surface area contributed by atoms with Gasteiger partial charge in [-0.15, -0.1) is 0 Å². The number of hydrogen-bond donors (Lipinski definition) is 2. The Morgan fingerprint density at radius 1 is 0.913 bits per heavy atom. The van der Waals surface area contributed by atoms with Crippen LogP contribution in [0.2, 0.25) is 0 Å². The highest BCUT2D eigenvalue weighted by Crippen LogP contribution is 2.49. The summed E-state index contributed by atoms with van der Waals surface area (Å²) in [6.07, 6.45) is 0. The fourth-order valence-corrected chi connectivity index (χ4v) is 2.57. The Balaban J connectivity index is 2.64. The third-order valence-corrected chi connectivity index (χ3v) is 3.60. The zero-order valence-corrected chi connectivity index (χ0v) is 12.7. The van der Waals surface area contributed by atoms with Gasteiger partial charge in [-0.25, -0.2) is 0 Å². The number of phenols is 2. The van der Waals surface area contributed by atoms with E-state index >= 15 is 0 Å². The second kappa shape index (κ2) is 5.28. The molecule has 120 valence electrons. The second-order valence-corrected chi connectivity index (χ2v) is 4.73. The molecule has 0 radical (unpaired) electrons. The maximum atomic E-state index is 12.8. The first kappa shape index (κ1) is 14.8. The lowest BCUT2D eigenvalue weighted by Gasteiger charge is -2.14. The van der Waals surface area contributed by atoms with E-state index in [1.54, 1.807) is 18.2 Å². The van der Waals surface area contributed by atoms with Crippen molar-refractivity contribution in [1.29, 1.82) is 0 Å². The van der Waals surface area contributed by atoms with Crippen molar-refractivity contribution < 1.29 is 28.8 Å². The summed E-state index contributed by atoms with van der Waals surface area (Å²) in [6, 6.07) is 4.86. The lowest BCUT2D eigenvalue weighted by Crippen LogP contribution is -2.06. The molecule has 23 heavy (non-hydrogen) atoms. The fourth-order valence-electron chi connectivity index (χ4n) is 2.57. The van der Waals surface area contributed by atoms with E-state index in [0.29, 0.717) is 5.75 Å². The summed E-state index contributed by atoms with van der Waals surface area (Å²) >= 11 is 0. The van der Waals surface area contributed by atoms with Crippen molar-refractivity contribution in [2.45, 2.75) is 0 Å². The van der Waals surface area contributed by atoms with Crippen LogP contribution >= 0.6 is 0 Å². The molecule has 0 amide bonds. The number of aromatic hydroxyl groups is 2. The van der Waals surface area contributed by atoms with E-state index < -0.39 is 16.9 Å². The van der Waals surface area contributed by atoms with Gasteiger partial charge in [0, 0.05) is 0 Å². The third-order valence-electron chi connectivity index (χ3n) is 3.60. The number of hydrogen-bond acceptors (Lipinski definition) is 7. The van der Waals surface area contributed by atoms with Crippen molar-refractivity contribution in [2.24, 2.45) is 0 Å². The quantitative estimate of drug-likeness (QED) is 0.565. The van der Waals surface area contributed by atoms with Gasteiger partial charge in [0.1, 0.15) is 22.1 Å². The molecule has 0 unspecified atom stereocenters. The zero-order chi connectivity index (χ0) is 16.7. The Labute approximate surface area is 130 Å². The van der Waals surface area contributed by atoms with Crippen LogP contribution in [0.4, 0.5) is 0 Å². The lowest BCUT2D eigenvalue weighted by molar-refractivity contribution is 0.322. The predicted molar refractivity (Wildman–Crippen MR) is 83.0 cm³/mol. The SMILES string of the molecule is COc1c(O)c(O)c2c(=O)c3c(OC)cccc3oc2c1OC. The Morgan fingerprint density at radius 2 is 1.61 bits per heavy atom. The Hall–Kier alpha value is -3.09. The summed E-state index contributed by atoms with van der Waals surface area (Å²) < 4.78 is 21.1. The molecule has 0 spiro atoms. The summed E-state index contributed by atoms with van der Waals surface area (Å²) in [6.45, 7) is 0. The molecule has 2 aromatic carbocycles. The average molecular weight is 318 g/mol. The number of methoxy groups -OCH3 is 3.